The van der Waals surface area contributed by atoms with Crippen LogP contribution in [-0.4, -0.2) is 57.7 Å². The monoisotopic (exact) mass is 476 g/mol. The van der Waals surface area contributed by atoms with Gasteiger partial charge in [0.2, 0.25) is 0 Å². The van der Waals surface area contributed by atoms with Gasteiger partial charge in [0.15, 0.2) is 0 Å². The summed E-state index contributed by atoms with van der Waals surface area (Å²) in [5.74, 6) is 0.0167. The zero-order chi connectivity index (χ0) is 23.8. The Bertz CT molecular complexity index is 1340. The van der Waals surface area contributed by atoms with Crippen molar-refractivity contribution in [3.05, 3.63) is 70.3 Å². The fourth-order valence-electron chi connectivity index (χ4n) is 5.66. The Morgan fingerprint density at radius 2 is 1.85 bits per heavy atom. The maximum absolute atomic E-state index is 13.2. The number of pyridine rings is 1. The number of hydrogen-bond donors (Lipinski definition) is 0. The molecule has 8 nitrogen and oxygen atoms in total. The first kappa shape index (κ1) is 21.2. The summed E-state index contributed by atoms with van der Waals surface area (Å²) in [5, 5.41) is 4.73. The van der Waals surface area contributed by atoms with Crippen LogP contribution in [0, 0.1) is 12.3 Å². The van der Waals surface area contributed by atoms with Crippen molar-refractivity contribution in [2.75, 3.05) is 36.0 Å². The van der Waals surface area contributed by atoms with E-state index in [9.17, 15) is 9.59 Å². The largest absolute Gasteiger partial charge is 0.368 e. The molecule has 2 aromatic heterocycles. The summed E-state index contributed by atoms with van der Waals surface area (Å²) < 4.78 is 1.65. The van der Waals surface area contributed by atoms with Gasteiger partial charge in [0.1, 0.15) is 0 Å². The number of aromatic nitrogens is 3. The maximum atomic E-state index is 13.2. The van der Waals surface area contributed by atoms with Crippen LogP contribution in [0.5, 0.6) is 0 Å². The molecule has 5 heterocycles. The molecule has 174 valence electrons. The van der Waals surface area contributed by atoms with Crippen molar-refractivity contribution in [1.82, 2.24) is 19.7 Å². The summed E-state index contributed by atoms with van der Waals surface area (Å²) in [6.07, 6.45) is 7.02. The first-order chi connectivity index (χ1) is 16.3. The third-order valence-electron chi connectivity index (χ3n) is 7.41. The third kappa shape index (κ3) is 3.05. The number of halogens is 1. The summed E-state index contributed by atoms with van der Waals surface area (Å²) in [4.78, 5) is 36.3. The molecule has 0 N–H and O–H groups in total. The van der Waals surface area contributed by atoms with Gasteiger partial charge < -0.3 is 9.80 Å². The van der Waals surface area contributed by atoms with E-state index in [1.165, 1.54) is 0 Å². The molecular weight excluding hydrogens is 452 g/mol. The van der Waals surface area contributed by atoms with Gasteiger partial charge in [-0.1, -0.05) is 11.6 Å². The molecule has 3 aliphatic rings. The van der Waals surface area contributed by atoms with Gasteiger partial charge in [0, 0.05) is 55.4 Å². The Morgan fingerprint density at radius 1 is 1.12 bits per heavy atom. The highest BCUT2D eigenvalue weighted by Crippen LogP contribution is 2.46. The summed E-state index contributed by atoms with van der Waals surface area (Å²) in [7, 11) is 1.81. The van der Waals surface area contributed by atoms with Crippen molar-refractivity contribution in [2.45, 2.75) is 19.9 Å². The van der Waals surface area contributed by atoms with Crippen LogP contribution in [0.2, 0.25) is 5.02 Å². The molecule has 0 radical (unpaired) electrons. The lowest BCUT2D eigenvalue weighted by Crippen LogP contribution is -2.73. The standard InChI is InChI=1S/C25H25ClN6O2/c1-15-21(30-11-25(12-30)13-31(14-25)23(33)17-7-28-29(3)10-17)8-27-9-22(15)32-16(2)20-6-18(26)4-5-19(20)24(32)34/h4-10,16H,11-14H2,1-3H3. The van der Waals surface area contributed by atoms with E-state index in [0.717, 1.165) is 48.7 Å². The van der Waals surface area contributed by atoms with E-state index in [1.807, 2.05) is 43.0 Å². The normalized spacial score (nSPS) is 20.4. The number of benzene rings is 1. The van der Waals surface area contributed by atoms with Gasteiger partial charge in [0.25, 0.3) is 11.8 Å². The predicted molar refractivity (Wildman–Crippen MR) is 129 cm³/mol. The zero-order valence-electron chi connectivity index (χ0n) is 19.3. The number of rotatable bonds is 3. The Morgan fingerprint density at radius 3 is 2.56 bits per heavy atom. The summed E-state index contributed by atoms with van der Waals surface area (Å²) in [6.45, 7) is 7.31. The average molecular weight is 477 g/mol. The predicted octanol–water partition coefficient (Wildman–Crippen LogP) is 3.46. The van der Waals surface area contributed by atoms with Crippen molar-refractivity contribution in [1.29, 1.82) is 0 Å². The highest BCUT2D eigenvalue weighted by atomic mass is 35.5. The maximum Gasteiger partial charge on any atom is 0.259 e. The van der Waals surface area contributed by atoms with Gasteiger partial charge in [-0.05, 0) is 43.2 Å². The van der Waals surface area contributed by atoms with Crippen LogP contribution in [0.4, 0.5) is 11.4 Å². The van der Waals surface area contributed by atoms with Gasteiger partial charge in [-0.25, -0.2) is 0 Å². The topological polar surface area (TPSA) is 74.6 Å². The minimum Gasteiger partial charge on any atom is -0.368 e. The van der Waals surface area contributed by atoms with Crippen LogP contribution in [0.3, 0.4) is 0 Å². The average Bonchev–Trinajstić information content (AvgIpc) is 3.28. The Balaban J connectivity index is 1.17. The van der Waals surface area contributed by atoms with Crippen molar-refractivity contribution in [3.63, 3.8) is 0 Å². The van der Waals surface area contributed by atoms with Crippen molar-refractivity contribution in [2.24, 2.45) is 12.5 Å². The minimum atomic E-state index is -0.113. The Hall–Kier alpha value is -3.39. The van der Waals surface area contributed by atoms with Gasteiger partial charge >= 0.3 is 0 Å². The second kappa shape index (κ2) is 7.30. The molecule has 0 saturated carbocycles. The van der Waals surface area contributed by atoms with Crippen molar-refractivity contribution < 1.29 is 9.59 Å². The van der Waals surface area contributed by atoms with E-state index in [0.29, 0.717) is 16.1 Å². The summed E-state index contributed by atoms with van der Waals surface area (Å²) in [6, 6.07) is 5.33. The lowest BCUT2D eigenvalue weighted by atomic mass is 9.72. The van der Waals surface area contributed by atoms with E-state index in [-0.39, 0.29) is 23.3 Å². The molecule has 1 spiro atoms. The quantitative estimate of drug-likeness (QED) is 0.578. The molecule has 1 aromatic carbocycles. The number of fused-ring (bicyclic) bond motifs is 1. The number of hydrogen-bond acceptors (Lipinski definition) is 5. The number of anilines is 2. The molecule has 0 aliphatic carbocycles. The molecule has 9 heteroatoms. The summed E-state index contributed by atoms with van der Waals surface area (Å²) in [5.41, 5.74) is 5.29. The lowest BCUT2D eigenvalue weighted by molar-refractivity contribution is -0.0105. The molecule has 0 bridgehead atoms. The molecule has 2 amide bonds. The molecule has 1 unspecified atom stereocenters. The summed E-state index contributed by atoms with van der Waals surface area (Å²) >= 11 is 6.19. The smallest absolute Gasteiger partial charge is 0.259 e. The highest BCUT2D eigenvalue weighted by molar-refractivity contribution is 6.31. The number of likely N-dealkylation sites (tertiary alicyclic amines) is 1. The Kier molecular flexibility index (Phi) is 4.55. The fraction of sp³-hybridized carbons (Fsp3) is 0.360. The van der Waals surface area contributed by atoms with Crippen LogP contribution in [0.25, 0.3) is 0 Å². The second-order valence-corrected chi connectivity index (χ2v) is 10.2. The number of carbonyl (C=O) groups excluding carboxylic acids is 2. The van der Waals surface area contributed by atoms with Crippen molar-refractivity contribution >= 4 is 34.8 Å². The second-order valence-electron chi connectivity index (χ2n) is 9.81. The van der Waals surface area contributed by atoms with Gasteiger partial charge in [-0.15, -0.1) is 0 Å². The van der Waals surface area contributed by atoms with E-state index in [1.54, 1.807) is 35.4 Å². The van der Waals surface area contributed by atoms with Crippen LogP contribution in [-0.2, 0) is 7.05 Å². The van der Waals surface area contributed by atoms with E-state index >= 15 is 0 Å². The van der Waals surface area contributed by atoms with Gasteiger partial charge in [-0.3, -0.25) is 24.2 Å². The Labute approximate surface area is 202 Å². The third-order valence-corrected chi connectivity index (χ3v) is 7.64. The molecular formula is C25H25ClN6O2. The first-order valence-corrected chi connectivity index (χ1v) is 11.7. The van der Waals surface area contributed by atoms with Gasteiger partial charge in [0.05, 0.1) is 41.6 Å². The van der Waals surface area contributed by atoms with Crippen LogP contribution in [0.1, 0.15) is 44.8 Å². The molecule has 34 heavy (non-hydrogen) atoms. The van der Waals surface area contributed by atoms with Crippen LogP contribution in [0.15, 0.2) is 43.0 Å². The first-order valence-electron chi connectivity index (χ1n) is 11.4. The highest BCUT2D eigenvalue weighted by Gasteiger charge is 2.53. The molecule has 2 fully saturated rings. The van der Waals surface area contributed by atoms with E-state index < -0.39 is 0 Å². The van der Waals surface area contributed by atoms with Gasteiger partial charge in [-0.2, -0.15) is 5.10 Å². The van der Waals surface area contributed by atoms with E-state index in [2.05, 4.69) is 15.0 Å². The number of nitrogens with zero attached hydrogens (tertiary/aromatic N) is 6. The molecule has 3 aromatic rings. The number of aryl methyl sites for hydroxylation is 1. The van der Waals surface area contributed by atoms with Crippen molar-refractivity contribution in [3.8, 4) is 0 Å². The molecule has 1 atom stereocenters. The molecule has 6 rings (SSSR count). The lowest BCUT2D eigenvalue weighted by Gasteiger charge is -2.61. The molecule has 2 saturated heterocycles. The van der Waals surface area contributed by atoms with E-state index in [4.69, 9.17) is 11.6 Å². The number of amides is 2. The molecule has 3 aliphatic heterocycles. The zero-order valence-corrected chi connectivity index (χ0v) is 20.1. The SMILES string of the molecule is Cc1c(N2CC3(CN(C(=O)c4cnn(C)c4)C3)C2)cncc1N1C(=O)c2ccc(Cl)cc2C1C. The van der Waals surface area contributed by atoms with Crippen LogP contribution < -0.4 is 9.80 Å². The minimum absolute atomic E-state index is 0.0233. The fourth-order valence-corrected chi connectivity index (χ4v) is 5.84. The number of carbonyl (C=O) groups is 2. The van der Waals surface area contributed by atoms with Crippen LogP contribution >= 0.6 is 11.6 Å².